The van der Waals surface area contributed by atoms with Crippen LogP contribution in [0.3, 0.4) is 0 Å². The van der Waals surface area contributed by atoms with E-state index in [1.807, 2.05) is 42.5 Å². The van der Waals surface area contributed by atoms with Gasteiger partial charge >= 0.3 is 6.09 Å². The summed E-state index contributed by atoms with van der Waals surface area (Å²) in [6.45, 7) is 5.63. The number of aromatic nitrogens is 1. The average Bonchev–Trinajstić information content (AvgIpc) is 3.93. The maximum atomic E-state index is 14.6. The third-order valence-corrected chi connectivity index (χ3v) is 12.8. The number of likely N-dealkylation sites (tertiary alicyclic amines) is 1. The lowest BCUT2D eigenvalue weighted by Crippen LogP contribution is -2.60. The summed E-state index contributed by atoms with van der Waals surface area (Å²) >= 11 is 0. The quantitative estimate of drug-likeness (QED) is 0.368. The van der Waals surface area contributed by atoms with Crippen molar-refractivity contribution in [2.45, 2.75) is 101 Å². The molecule has 290 valence electrons. The van der Waals surface area contributed by atoms with E-state index in [4.69, 9.17) is 9.15 Å². The van der Waals surface area contributed by atoms with Crippen molar-refractivity contribution in [1.82, 2.24) is 30.1 Å². The van der Waals surface area contributed by atoms with Crippen LogP contribution in [0, 0.1) is 17.8 Å². The molecule has 15 nitrogen and oxygen atoms in total. The summed E-state index contributed by atoms with van der Waals surface area (Å²) in [4.78, 5) is 77.1. The van der Waals surface area contributed by atoms with Crippen LogP contribution in [0.2, 0.25) is 0 Å². The summed E-state index contributed by atoms with van der Waals surface area (Å²) < 4.78 is 39.1. The number of carbonyl (C=O) groups excluding carboxylic acids is 5. The molecule has 5 aliphatic rings. The van der Waals surface area contributed by atoms with Crippen molar-refractivity contribution in [3.05, 3.63) is 54.4 Å². The first-order chi connectivity index (χ1) is 25.6. The molecule has 6 atom stereocenters. The van der Waals surface area contributed by atoms with Crippen LogP contribution in [-0.2, 0) is 29.1 Å². The van der Waals surface area contributed by atoms with E-state index in [0.29, 0.717) is 43.6 Å². The molecule has 2 saturated carbocycles. The normalized spacial score (nSPS) is 29.4. The van der Waals surface area contributed by atoms with Gasteiger partial charge in [-0.3, -0.25) is 23.9 Å². The van der Waals surface area contributed by atoms with Gasteiger partial charge in [-0.15, -0.1) is 0 Å². The summed E-state index contributed by atoms with van der Waals surface area (Å²) in [5, 5.41) is 5.01. The van der Waals surface area contributed by atoms with Crippen LogP contribution in [0.5, 0.6) is 0 Å². The van der Waals surface area contributed by atoms with Crippen LogP contribution in [0.25, 0.3) is 11.5 Å². The van der Waals surface area contributed by atoms with Crippen LogP contribution in [0.1, 0.15) is 82.6 Å². The van der Waals surface area contributed by atoms with Gasteiger partial charge in [-0.25, -0.2) is 18.2 Å². The van der Waals surface area contributed by atoms with E-state index >= 15 is 0 Å². The molecule has 0 unspecified atom stereocenters. The minimum Gasteiger partial charge on any atom is -0.444 e. The molecule has 3 aliphatic heterocycles. The molecule has 2 aromatic rings. The second-order valence-electron chi connectivity index (χ2n) is 16.2. The van der Waals surface area contributed by atoms with Gasteiger partial charge in [0.25, 0.3) is 11.8 Å². The number of oxazole rings is 1. The number of amides is 5. The van der Waals surface area contributed by atoms with Crippen LogP contribution in [0.15, 0.2) is 53.2 Å². The van der Waals surface area contributed by atoms with Crippen LogP contribution in [-0.4, -0.2) is 101 Å². The van der Waals surface area contributed by atoms with Gasteiger partial charge in [0.2, 0.25) is 27.7 Å². The number of alkyl carbamates (subject to hydrolysis) is 1. The van der Waals surface area contributed by atoms with E-state index in [0.717, 1.165) is 12.8 Å². The zero-order chi connectivity index (χ0) is 38.4. The van der Waals surface area contributed by atoms with Gasteiger partial charge in [0.1, 0.15) is 29.5 Å². The number of nitrogens with one attached hydrogen (secondary N) is 3. The molecule has 16 heteroatoms. The Bertz CT molecular complexity index is 1940. The minimum absolute atomic E-state index is 0.106. The lowest BCUT2D eigenvalue weighted by molar-refractivity contribution is -0.142. The first-order valence-electron chi connectivity index (χ1n) is 18.8. The largest absolute Gasteiger partial charge is 0.444 e. The number of benzene rings is 1. The van der Waals surface area contributed by atoms with E-state index < -0.39 is 74.1 Å². The lowest BCUT2D eigenvalue weighted by atomic mass is 9.93. The van der Waals surface area contributed by atoms with Gasteiger partial charge in [-0.2, -0.15) is 0 Å². The van der Waals surface area contributed by atoms with Crippen molar-refractivity contribution < 1.29 is 41.5 Å². The van der Waals surface area contributed by atoms with Crippen molar-refractivity contribution in [1.29, 1.82) is 0 Å². The molecule has 0 spiro atoms. The monoisotopic (exact) mass is 764 g/mol. The standard InChI is InChI=1S/C38H48N6O9S/c1-37(2,3)53-36(49)40-28-15-11-6-4-5-10-14-25-18-38(25,35(48)42-54(50,51)26-16-17-26)41-31(45)30-27-21-43(19-24(27)20-44(30)34(28)47)33(46)29-22-52-32(39-29)23-12-8-7-9-13-23/h7-10,12-14,22,24-28,30H,4-6,11,15-21H2,1-3H3,(H,40,49)(H,41,45)(H,42,48)/b14-10-/t24-,25+,27-,28-,30-,38+/m0/s1. The number of nitrogens with zero attached hydrogens (tertiary/aromatic N) is 3. The van der Waals surface area contributed by atoms with E-state index in [1.54, 1.807) is 25.7 Å². The maximum absolute atomic E-state index is 14.6. The second kappa shape index (κ2) is 14.5. The van der Waals surface area contributed by atoms with Crippen molar-refractivity contribution in [3.8, 4) is 11.5 Å². The minimum atomic E-state index is -3.91. The number of hydrogen-bond donors (Lipinski definition) is 3. The Kier molecular flexibility index (Phi) is 10.1. The van der Waals surface area contributed by atoms with E-state index in [-0.39, 0.29) is 43.6 Å². The number of allylic oxidation sites excluding steroid dienone is 1. The average molecular weight is 765 g/mol. The smallest absolute Gasteiger partial charge is 0.408 e. The fourth-order valence-electron chi connectivity index (χ4n) is 7.93. The van der Waals surface area contributed by atoms with Crippen molar-refractivity contribution >= 4 is 39.7 Å². The molecule has 1 aromatic carbocycles. The third-order valence-electron chi connectivity index (χ3n) is 10.9. The maximum Gasteiger partial charge on any atom is 0.408 e. The first-order valence-corrected chi connectivity index (χ1v) is 20.3. The molecule has 3 N–H and O–H groups in total. The second-order valence-corrected chi connectivity index (χ2v) is 18.1. The van der Waals surface area contributed by atoms with Gasteiger partial charge in [-0.05, 0) is 71.4 Å². The molecular formula is C38H48N6O9S. The van der Waals surface area contributed by atoms with Gasteiger partial charge < -0.3 is 29.6 Å². The summed E-state index contributed by atoms with van der Waals surface area (Å²) in [6.07, 6.45) is 8.63. The van der Waals surface area contributed by atoms with E-state index in [9.17, 15) is 32.4 Å². The number of hydrogen-bond acceptors (Lipinski definition) is 10. The Hall–Kier alpha value is -4.73. The highest BCUT2D eigenvalue weighted by molar-refractivity contribution is 7.91. The molecular weight excluding hydrogens is 717 g/mol. The molecule has 4 heterocycles. The van der Waals surface area contributed by atoms with Gasteiger partial charge in [0.05, 0.1) is 5.25 Å². The summed E-state index contributed by atoms with van der Waals surface area (Å²) in [5.74, 6) is -3.28. The number of sulfonamides is 1. The molecule has 2 saturated heterocycles. The molecule has 2 aliphatic carbocycles. The molecule has 1 aromatic heterocycles. The van der Waals surface area contributed by atoms with Gasteiger partial charge in [0, 0.05) is 43.0 Å². The van der Waals surface area contributed by atoms with E-state index in [2.05, 4.69) is 20.3 Å². The lowest BCUT2D eigenvalue weighted by Gasteiger charge is -2.33. The Labute approximate surface area is 314 Å². The highest BCUT2D eigenvalue weighted by Gasteiger charge is 2.63. The predicted molar refractivity (Wildman–Crippen MR) is 195 cm³/mol. The zero-order valence-electron chi connectivity index (χ0n) is 30.8. The van der Waals surface area contributed by atoms with Crippen LogP contribution < -0.4 is 15.4 Å². The summed E-state index contributed by atoms with van der Waals surface area (Å²) in [5.41, 5.74) is -1.52. The first kappa shape index (κ1) is 37.6. The number of carbonyl (C=O) groups is 5. The molecule has 54 heavy (non-hydrogen) atoms. The Balaban J connectivity index is 1.17. The molecule has 5 amide bonds. The highest BCUT2D eigenvalue weighted by Crippen LogP contribution is 2.47. The Morgan fingerprint density at radius 3 is 2.50 bits per heavy atom. The fourth-order valence-corrected chi connectivity index (χ4v) is 9.30. The van der Waals surface area contributed by atoms with Crippen LogP contribution in [0.4, 0.5) is 4.79 Å². The van der Waals surface area contributed by atoms with Gasteiger partial charge in [-0.1, -0.05) is 43.2 Å². The molecule has 0 bridgehead atoms. The SMILES string of the molecule is CC(C)(C)OC(=O)N[C@H]1CCCCC/C=C\[C@@H]2C[C@@]2(C(=O)NS(=O)(=O)C2CC2)NC(=O)[C@@H]2[C@H]3CN(C(=O)c4coc(-c5ccccc5)n4)C[C@H]3CN2C1=O. The van der Waals surface area contributed by atoms with Crippen molar-refractivity contribution in [2.75, 3.05) is 19.6 Å². The van der Waals surface area contributed by atoms with Crippen molar-refractivity contribution in [2.24, 2.45) is 17.8 Å². The number of ether oxygens (including phenoxy) is 1. The Morgan fingerprint density at radius 2 is 1.78 bits per heavy atom. The topological polar surface area (TPSA) is 197 Å². The molecule has 0 radical (unpaired) electrons. The number of rotatable bonds is 6. The van der Waals surface area contributed by atoms with E-state index in [1.165, 1.54) is 11.2 Å². The Morgan fingerprint density at radius 1 is 1.02 bits per heavy atom. The highest BCUT2D eigenvalue weighted by atomic mass is 32.2. The summed E-state index contributed by atoms with van der Waals surface area (Å²) in [6, 6.07) is 7.05. The van der Waals surface area contributed by atoms with Gasteiger partial charge in [0.15, 0.2) is 5.69 Å². The predicted octanol–water partition coefficient (Wildman–Crippen LogP) is 3.14. The van der Waals surface area contributed by atoms with Crippen LogP contribution >= 0.6 is 0 Å². The molecule has 4 fully saturated rings. The number of fused-ring (bicyclic) bond motifs is 4. The van der Waals surface area contributed by atoms with Crippen molar-refractivity contribution in [3.63, 3.8) is 0 Å². The zero-order valence-corrected chi connectivity index (χ0v) is 31.6. The molecule has 7 rings (SSSR count). The fraction of sp³-hybridized carbons (Fsp3) is 0.579. The third kappa shape index (κ3) is 7.89. The summed E-state index contributed by atoms with van der Waals surface area (Å²) in [7, 11) is -3.91.